The Labute approximate surface area is 87.3 Å². The number of rotatable bonds is 1. The first kappa shape index (κ1) is 9.64. The van der Waals surface area contributed by atoms with E-state index in [1.165, 1.54) is 4.68 Å². The minimum Gasteiger partial charge on any atom is -0.275 e. The molecule has 0 spiro atoms. The van der Waals surface area contributed by atoms with Crippen LogP contribution in [0.4, 0.5) is 0 Å². The molecule has 0 aliphatic rings. The highest BCUT2D eigenvalue weighted by Crippen LogP contribution is 2.07. The quantitative estimate of drug-likeness (QED) is 0.694. The summed E-state index contributed by atoms with van der Waals surface area (Å²) in [4.78, 5) is 11.9. The summed E-state index contributed by atoms with van der Waals surface area (Å²) in [5, 5.41) is 8.09. The summed E-state index contributed by atoms with van der Waals surface area (Å²) >= 11 is 0. The molecule has 2 rings (SSSR count). The zero-order chi connectivity index (χ0) is 11.0. The first-order chi connectivity index (χ1) is 7.08. The van der Waals surface area contributed by atoms with Crippen molar-refractivity contribution in [2.45, 2.75) is 13.8 Å². The van der Waals surface area contributed by atoms with Crippen molar-refractivity contribution in [1.82, 2.24) is 19.6 Å². The van der Waals surface area contributed by atoms with Crippen molar-refractivity contribution in [1.29, 1.82) is 0 Å². The van der Waals surface area contributed by atoms with Crippen molar-refractivity contribution >= 4 is 5.91 Å². The van der Waals surface area contributed by atoms with Crippen LogP contribution >= 0.6 is 0 Å². The van der Waals surface area contributed by atoms with E-state index in [1.54, 1.807) is 30.3 Å². The first-order valence-corrected chi connectivity index (χ1v) is 4.64. The monoisotopic (exact) mass is 204 g/mol. The molecule has 0 fully saturated rings. The third-order valence-electron chi connectivity index (χ3n) is 2.16. The summed E-state index contributed by atoms with van der Waals surface area (Å²) in [6, 6.07) is 0. The van der Waals surface area contributed by atoms with Crippen molar-refractivity contribution in [3.63, 3.8) is 0 Å². The van der Waals surface area contributed by atoms with Gasteiger partial charge >= 0.3 is 0 Å². The molecule has 0 atom stereocenters. The van der Waals surface area contributed by atoms with Crippen LogP contribution in [0.2, 0.25) is 0 Å². The Kier molecular flexibility index (Phi) is 2.15. The molecule has 0 saturated carbocycles. The highest BCUT2D eigenvalue weighted by molar-refractivity contribution is 5.96. The van der Waals surface area contributed by atoms with Gasteiger partial charge in [-0.05, 0) is 19.4 Å². The SMILES string of the molecule is Cc1cnn(C(=O)c2cn(C)nc2C)c1. The topological polar surface area (TPSA) is 52.7 Å². The fraction of sp³-hybridized carbons (Fsp3) is 0.300. The van der Waals surface area contributed by atoms with Gasteiger partial charge in [-0.25, -0.2) is 4.68 Å². The molecule has 0 aliphatic carbocycles. The summed E-state index contributed by atoms with van der Waals surface area (Å²) in [6.45, 7) is 3.70. The van der Waals surface area contributed by atoms with Crippen LogP contribution in [0.5, 0.6) is 0 Å². The molecule has 2 heterocycles. The predicted molar refractivity (Wildman–Crippen MR) is 54.6 cm³/mol. The molecule has 0 amide bonds. The van der Waals surface area contributed by atoms with Crippen molar-refractivity contribution in [3.8, 4) is 0 Å². The molecule has 0 saturated heterocycles. The van der Waals surface area contributed by atoms with Gasteiger partial charge in [0.15, 0.2) is 0 Å². The number of carbonyl (C=O) groups excluding carboxylic acids is 1. The van der Waals surface area contributed by atoms with Gasteiger partial charge in [-0.15, -0.1) is 0 Å². The van der Waals surface area contributed by atoms with Gasteiger partial charge in [-0.3, -0.25) is 9.48 Å². The minimum absolute atomic E-state index is 0.145. The maximum atomic E-state index is 11.9. The second-order valence-electron chi connectivity index (χ2n) is 3.57. The summed E-state index contributed by atoms with van der Waals surface area (Å²) in [7, 11) is 1.79. The molecule has 0 radical (unpaired) electrons. The number of aromatic nitrogens is 4. The molecule has 2 aromatic rings. The second kappa shape index (κ2) is 3.34. The normalized spacial score (nSPS) is 10.6. The summed E-state index contributed by atoms with van der Waals surface area (Å²) in [5.74, 6) is -0.145. The number of nitrogens with zero attached hydrogens (tertiary/aromatic N) is 4. The van der Waals surface area contributed by atoms with Gasteiger partial charge in [0.2, 0.25) is 0 Å². The molecule has 15 heavy (non-hydrogen) atoms. The zero-order valence-corrected chi connectivity index (χ0v) is 8.93. The highest BCUT2D eigenvalue weighted by atomic mass is 16.2. The molecule has 2 aromatic heterocycles. The Bertz CT molecular complexity index is 509. The van der Waals surface area contributed by atoms with Gasteiger partial charge in [-0.1, -0.05) is 0 Å². The molecular formula is C10H12N4O. The molecular weight excluding hydrogens is 192 g/mol. The molecule has 5 heteroatoms. The van der Waals surface area contributed by atoms with Gasteiger partial charge < -0.3 is 0 Å². The summed E-state index contributed by atoms with van der Waals surface area (Å²) in [5.41, 5.74) is 2.26. The van der Waals surface area contributed by atoms with Crippen molar-refractivity contribution in [2.24, 2.45) is 7.05 Å². The lowest BCUT2D eigenvalue weighted by molar-refractivity contribution is 0.0944. The molecule has 78 valence electrons. The van der Waals surface area contributed by atoms with Crippen LogP contribution in [0.25, 0.3) is 0 Å². The lowest BCUT2D eigenvalue weighted by atomic mass is 10.2. The fourth-order valence-corrected chi connectivity index (χ4v) is 1.46. The van der Waals surface area contributed by atoms with Crippen molar-refractivity contribution < 1.29 is 4.79 Å². The van der Waals surface area contributed by atoms with Crippen LogP contribution in [0.3, 0.4) is 0 Å². The van der Waals surface area contributed by atoms with Gasteiger partial charge in [0.1, 0.15) is 0 Å². The van der Waals surface area contributed by atoms with Gasteiger partial charge in [0.05, 0.1) is 17.5 Å². The Morgan fingerprint density at radius 1 is 1.33 bits per heavy atom. The maximum Gasteiger partial charge on any atom is 0.281 e. The predicted octanol–water partition coefficient (Wildman–Crippen LogP) is 0.922. The molecule has 0 bridgehead atoms. The summed E-state index contributed by atoms with van der Waals surface area (Å²) < 4.78 is 2.96. The molecule has 0 aliphatic heterocycles. The largest absolute Gasteiger partial charge is 0.281 e. The first-order valence-electron chi connectivity index (χ1n) is 4.64. The Morgan fingerprint density at radius 3 is 2.53 bits per heavy atom. The van der Waals surface area contributed by atoms with E-state index >= 15 is 0 Å². The standard InChI is InChI=1S/C10H12N4O/c1-7-4-11-14(5-7)10(15)9-6-13(3)12-8(9)2/h4-6H,1-3H3. The Hall–Kier alpha value is -1.91. The smallest absolute Gasteiger partial charge is 0.275 e. The zero-order valence-electron chi connectivity index (χ0n) is 8.93. The van der Waals surface area contributed by atoms with E-state index in [0.717, 1.165) is 11.3 Å². The van der Waals surface area contributed by atoms with E-state index in [4.69, 9.17) is 0 Å². The number of carbonyl (C=O) groups is 1. The van der Waals surface area contributed by atoms with E-state index in [1.807, 2.05) is 13.8 Å². The van der Waals surface area contributed by atoms with E-state index in [2.05, 4.69) is 10.2 Å². The second-order valence-corrected chi connectivity index (χ2v) is 3.57. The third kappa shape index (κ3) is 1.68. The van der Waals surface area contributed by atoms with E-state index in [0.29, 0.717) is 5.56 Å². The van der Waals surface area contributed by atoms with Crippen molar-refractivity contribution in [3.05, 3.63) is 35.4 Å². The highest BCUT2D eigenvalue weighted by Gasteiger charge is 2.14. The minimum atomic E-state index is -0.145. The molecule has 0 unspecified atom stereocenters. The maximum absolute atomic E-state index is 11.9. The van der Waals surface area contributed by atoms with E-state index in [-0.39, 0.29) is 5.91 Å². The van der Waals surface area contributed by atoms with Crippen LogP contribution in [-0.2, 0) is 7.05 Å². The average Bonchev–Trinajstić information content (AvgIpc) is 2.71. The van der Waals surface area contributed by atoms with Crippen LogP contribution in [0.1, 0.15) is 21.6 Å². The molecule has 0 aromatic carbocycles. The molecule has 0 N–H and O–H groups in total. The van der Waals surface area contributed by atoms with E-state index < -0.39 is 0 Å². The van der Waals surface area contributed by atoms with Gasteiger partial charge in [0.25, 0.3) is 5.91 Å². The van der Waals surface area contributed by atoms with Crippen LogP contribution in [-0.4, -0.2) is 25.5 Å². The Morgan fingerprint density at radius 2 is 2.07 bits per heavy atom. The van der Waals surface area contributed by atoms with Crippen molar-refractivity contribution in [2.75, 3.05) is 0 Å². The molecule has 5 nitrogen and oxygen atoms in total. The Balaban J connectivity index is 2.40. The number of aryl methyl sites for hydroxylation is 3. The average molecular weight is 204 g/mol. The summed E-state index contributed by atoms with van der Waals surface area (Å²) in [6.07, 6.45) is 5.06. The van der Waals surface area contributed by atoms with Gasteiger partial charge in [-0.2, -0.15) is 10.2 Å². The third-order valence-corrected chi connectivity index (χ3v) is 2.16. The van der Waals surface area contributed by atoms with Crippen LogP contribution in [0, 0.1) is 13.8 Å². The van der Waals surface area contributed by atoms with Crippen LogP contribution < -0.4 is 0 Å². The number of hydrogen-bond donors (Lipinski definition) is 0. The lowest BCUT2D eigenvalue weighted by Crippen LogP contribution is -2.12. The van der Waals surface area contributed by atoms with Gasteiger partial charge in [0, 0.05) is 19.4 Å². The van der Waals surface area contributed by atoms with E-state index in [9.17, 15) is 4.79 Å². The fourth-order valence-electron chi connectivity index (χ4n) is 1.46. The van der Waals surface area contributed by atoms with Crippen LogP contribution in [0.15, 0.2) is 18.6 Å². The number of hydrogen-bond acceptors (Lipinski definition) is 3. The lowest BCUT2D eigenvalue weighted by Gasteiger charge is -1.96.